The van der Waals surface area contributed by atoms with Crippen molar-refractivity contribution in [1.82, 2.24) is 0 Å². The van der Waals surface area contributed by atoms with E-state index >= 15 is 0 Å². The average Bonchev–Trinajstić information content (AvgIpc) is 2.38. The fraction of sp³-hybridized carbons (Fsp3) is 0.143. The Morgan fingerprint density at radius 1 is 1.17 bits per heavy atom. The Balaban J connectivity index is 1.88. The van der Waals surface area contributed by atoms with Crippen LogP contribution >= 0.6 is 27.5 Å². The molecule has 1 unspecified atom stereocenters. The van der Waals surface area contributed by atoms with Crippen LogP contribution in [0.2, 0.25) is 5.02 Å². The van der Waals surface area contributed by atoms with Crippen LogP contribution in [0, 0.1) is 0 Å². The van der Waals surface area contributed by atoms with Gasteiger partial charge in [-0.1, -0.05) is 39.7 Å². The lowest BCUT2D eigenvalue weighted by Crippen LogP contribution is -2.23. The van der Waals surface area contributed by atoms with Crippen molar-refractivity contribution in [3.63, 3.8) is 0 Å². The summed E-state index contributed by atoms with van der Waals surface area (Å²) < 4.78 is 7.04. The maximum atomic E-state index is 5.98. The molecule has 0 aromatic heterocycles. The van der Waals surface area contributed by atoms with E-state index in [2.05, 4.69) is 33.4 Å². The highest BCUT2D eigenvalue weighted by Crippen LogP contribution is 2.36. The molecule has 1 aliphatic heterocycles. The van der Waals surface area contributed by atoms with Crippen molar-refractivity contribution in [3.8, 4) is 5.75 Å². The fourth-order valence-electron chi connectivity index (χ4n) is 2.00. The molecule has 4 heteroatoms. The van der Waals surface area contributed by atoms with Gasteiger partial charge in [-0.3, -0.25) is 0 Å². The lowest BCUT2D eigenvalue weighted by Gasteiger charge is -2.27. The first-order chi connectivity index (χ1) is 8.72. The van der Waals surface area contributed by atoms with Gasteiger partial charge in [0.15, 0.2) is 0 Å². The molecule has 0 saturated carbocycles. The minimum absolute atomic E-state index is 0.0177. The van der Waals surface area contributed by atoms with Gasteiger partial charge < -0.3 is 10.1 Å². The molecule has 2 nitrogen and oxygen atoms in total. The first kappa shape index (κ1) is 11.9. The van der Waals surface area contributed by atoms with E-state index in [0.717, 1.165) is 28.0 Å². The molecule has 1 N–H and O–H groups in total. The van der Waals surface area contributed by atoms with Crippen molar-refractivity contribution >= 4 is 33.2 Å². The van der Waals surface area contributed by atoms with Gasteiger partial charge in [-0.05, 0) is 29.8 Å². The molecule has 0 radical (unpaired) electrons. The Bertz CT molecular complexity index is 571. The molecule has 18 heavy (non-hydrogen) atoms. The molecule has 1 atom stereocenters. The van der Waals surface area contributed by atoms with Gasteiger partial charge in [0.25, 0.3) is 0 Å². The number of rotatable bonds is 1. The number of halogens is 2. The van der Waals surface area contributed by atoms with Crippen LogP contribution < -0.4 is 10.1 Å². The smallest absolute Gasteiger partial charge is 0.144 e. The SMILES string of the molecule is Clc1ccc2c(c1)OC(c1ccc(Br)cc1)CN2. The van der Waals surface area contributed by atoms with Crippen LogP contribution in [0.15, 0.2) is 46.9 Å². The van der Waals surface area contributed by atoms with Crippen molar-refractivity contribution in [2.75, 3.05) is 11.9 Å². The summed E-state index contributed by atoms with van der Waals surface area (Å²) in [5.41, 5.74) is 2.14. The molecule has 0 bridgehead atoms. The first-order valence-corrected chi connectivity index (χ1v) is 6.85. The van der Waals surface area contributed by atoms with E-state index in [4.69, 9.17) is 16.3 Å². The normalized spacial score (nSPS) is 17.6. The molecule has 0 spiro atoms. The number of anilines is 1. The van der Waals surface area contributed by atoms with E-state index in [0.29, 0.717) is 5.02 Å². The van der Waals surface area contributed by atoms with E-state index in [1.165, 1.54) is 0 Å². The summed E-state index contributed by atoms with van der Waals surface area (Å²) >= 11 is 9.41. The van der Waals surface area contributed by atoms with Gasteiger partial charge in [0.05, 0.1) is 12.2 Å². The zero-order valence-corrected chi connectivity index (χ0v) is 11.8. The first-order valence-electron chi connectivity index (χ1n) is 5.68. The topological polar surface area (TPSA) is 21.3 Å². The van der Waals surface area contributed by atoms with E-state index in [-0.39, 0.29) is 6.10 Å². The summed E-state index contributed by atoms with van der Waals surface area (Å²) in [5, 5.41) is 4.04. The quantitative estimate of drug-likeness (QED) is 0.824. The molecule has 0 aliphatic carbocycles. The summed E-state index contributed by atoms with van der Waals surface area (Å²) in [6.07, 6.45) is 0.0177. The van der Waals surface area contributed by atoms with Gasteiger partial charge >= 0.3 is 0 Å². The number of fused-ring (bicyclic) bond motifs is 1. The Morgan fingerprint density at radius 2 is 1.94 bits per heavy atom. The molecule has 0 saturated heterocycles. The average molecular weight is 325 g/mol. The predicted octanol–water partition coefficient (Wildman–Crippen LogP) is 4.65. The van der Waals surface area contributed by atoms with Crippen molar-refractivity contribution in [2.24, 2.45) is 0 Å². The van der Waals surface area contributed by atoms with Gasteiger partial charge in [0, 0.05) is 15.6 Å². The number of hydrogen-bond acceptors (Lipinski definition) is 2. The number of ether oxygens (including phenoxy) is 1. The van der Waals surface area contributed by atoms with E-state index in [1.54, 1.807) is 0 Å². The van der Waals surface area contributed by atoms with Gasteiger partial charge in [-0.2, -0.15) is 0 Å². The van der Waals surface area contributed by atoms with Crippen LogP contribution in [-0.4, -0.2) is 6.54 Å². The maximum absolute atomic E-state index is 5.98. The Labute approximate surface area is 119 Å². The minimum atomic E-state index is 0.0177. The number of benzene rings is 2. The van der Waals surface area contributed by atoms with Crippen LogP contribution in [0.1, 0.15) is 11.7 Å². The van der Waals surface area contributed by atoms with Crippen molar-refractivity contribution in [1.29, 1.82) is 0 Å². The van der Waals surface area contributed by atoms with Crippen molar-refractivity contribution < 1.29 is 4.74 Å². The summed E-state index contributed by atoms with van der Waals surface area (Å²) in [6.45, 7) is 0.760. The number of hydrogen-bond donors (Lipinski definition) is 1. The van der Waals surface area contributed by atoms with E-state index < -0.39 is 0 Å². The number of nitrogens with one attached hydrogen (secondary N) is 1. The third-order valence-electron chi connectivity index (χ3n) is 2.93. The fourth-order valence-corrected chi connectivity index (χ4v) is 2.43. The molecule has 1 aliphatic rings. The van der Waals surface area contributed by atoms with E-state index in [9.17, 15) is 0 Å². The van der Waals surface area contributed by atoms with Crippen LogP contribution in [0.5, 0.6) is 5.75 Å². The predicted molar refractivity (Wildman–Crippen MR) is 77.5 cm³/mol. The van der Waals surface area contributed by atoms with Crippen LogP contribution in [0.25, 0.3) is 0 Å². The van der Waals surface area contributed by atoms with Crippen LogP contribution in [0.3, 0.4) is 0 Å². The standard InChI is InChI=1S/C14H11BrClNO/c15-10-3-1-9(2-4-10)14-8-17-12-6-5-11(16)7-13(12)18-14/h1-7,14,17H,8H2. The monoisotopic (exact) mass is 323 g/mol. The summed E-state index contributed by atoms with van der Waals surface area (Å²) in [5.74, 6) is 0.807. The molecule has 2 aromatic rings. The maximum Gasteiger partial charge on any atom is 0.144 e. The molecule has 92 valence electrons. The molecule has 3 rings (SSSR count). The molecule has 2 aromatic carbocycles. The molecule has 0 amide bonds. The van der Waals surface area contributed by atoms with Crippen LogP contribution in [0.4, 0.5) is 5.69 Å². The van der Waals surface area contributed by atoms with Gasteiger partial charge in [-0.15, -0.1) is 0 Å². The Kier molecular flexibility index (Phi) is 3.18. The highest BCUT2D eigenvalue weighted by molar-refractivity contribution is 9.10. The highest BCUT2D eigenvalue weighted by atomic mass is 79.9. The van der Waals surface area contributed by atoms with Crippen molar-refractivity contribution in [2.45, 2.75) is 6.10 Å². The summed E-state index contributed by atoms with van der Waals surface area (Å²) in [6, 6.07) is 13.8. The lowest BCUT2D eigenvalue weighted by atomic mass is 10.1. The third-order valence-corrected chi connectivity index (χ3v) is 3.70. The Morgan fingerprint density at radius 3 is 2.72 bits per heavy atom. The van der Waals surface area contributed by atoms with Crippen LogP contribution in [-0.2, 0) is 0 Å². The summed E-state index contributed by atoms with van der Waals surface area (Å²) in [7, 11) is 0. The second-order valence-electron chi connectivity index (χ2n) is 4.18. The van der Waals surface area contributed by atoms with Crippen molar-refractivity contribution in [3.05, 3.63) is 57.5 Å². The van der Waals surface area contributed by atoms with Gasteiger partial charge in [-0.25, -0.2) is 0 Å². The largest absolute Gasteiger partial charge is 0.482 e. The molecular formula is C14H11BrClNO. The molecule has 1 heterocycles. The second kappa shape index (κ2) is 4.82. The third kappa shape index (κ3) is 2.33. The zero-order chi connectivity index (χ0) is 12.5. The summed E-state index contributed by atoms with van der Waals surface area (Å²) in [4.78, 5) is 0. The minimum Gasteiger partial charge on any atom is -0.482 e. The second-order valence-corrected chi connectivity index (χ2v) is 5.53. The zero-order valence-electron chi connectivity index (χ0n) is 9.49. The van der Waals surface area contributed by atoms with E-state index in [1.807, 2.05) is 30.3 Å². The highest BCUT2D eigenvalue weighted by Gasteiger charge is 2.20. The lowest BCUT2D eigenvalue weighted by molar-refractivity contribution is 0.210. The molecular weight excluding hydrogens is 314 g/mol. The van der Waals surface area contributed by atoms with Gasteiger partial charge in [0.1, 0.15) is 11.9 Å². The molecule has 0 fully saturated rings. The Hall–Kier alpha value is -1.19. The van der Waals surface area contributed by atoms with Gasteiger partial charge in [0.2, 0.25) is 0 Å².